The van der Waals surface area contributed by atoms with E-state index in [0.717, 1.165) is 18.3 Å². The van der Waals surface area contributed by atoms with Gasteiger partial charge in [0.15, 0.2) is 0 Å². The minimum absolute atomic E-state index is 0.104. The Balaban J connectivity index is 2.49. The van der Waals surface area contributed by atoms with Crippen molar-refractivity contribution < 1.29 is 26.3 Å². The third-order valence-corrected chi connectivity index (χ3v) is 2.50. The number of aromatic nitrogens is 1. The molecular formula is C9H8F6N2S. The molecule has 1 N–H and O–H groups in total. The van der Waals surface area contributed by atoms with Crippen LogP contribution in [0, 0.1) is 0 Å². The Morgan fingerprint density at radius 2 is 1.83 bits per heavy atom. The molecule has 1 aromatic rings. The SMILES string of the molecule is FC(F)(F)SCCNc1cc(C(F)(F)F)ccn1. The van der Waals surface area contributed by atoms with Gasteiger partial charge in [-0.2, -0.15) is 26.3 Å². The first-order chi connectivity index (χ1) is 8.18. The molecule has 9 heteroatoms. The Bertz CT molecular complexity index is 389. The van der Waals surface area contributed by atoms with Crippen LogP contribution in [0.15, 0.2) is 18.3 Å². The summed E-state index contributed by atoms with van der Waals surface area (Å²) < 4.78 is 72.2. The third-order valence-electron chi connectivity index (χ3n) is 1.76. The van der Waals surface area contributed by atoms with Gasteiger partial charge in [-0.25, -0.2) is 4.98 Å². The quantitative estimate of drug-likeness (QED) is 0.675. The van der Waals surface area contributed by atoms with E-state index in [1.807, 2.05) is 0 Å². The fourth-order valence-electron chi connectivity index (χ4n) is 1.05. The van der Waals surface area contributed by atoms with E-state index in [-0.39, 0.29) is 29.9 Å². The summed E-state index contributed by atoms with van der Waals surface area (Å²) in [4.78, 5) is 3.59. The number of nitrogens with zero attached hydrogens (tertiary/aromatic N) is 1. The average molecular weight is 290 g/mol. The van der Waals surface area contributed by atoms with Crippen molar-refractivity contribution in [1.29, 1.82) is 0 Å². The van der Waals surface area contributed by atoms with Crippen LogP contribution >= 0.6 is 11.8 Å². The molecule has 0 saturated carbocycles. The van der Waals surface area contributed by atoms with Crippen molar-refractivity contribution in [3.05, 3.63) is 23.9 Å². The highest BCUT2D eigenvalue weighted by molar-refractivity contribution is 8.00. The molecule has 2 nitrogen and oxygen atoms in total. The number of thioether (sulfide) groups is 1. The Kier molecular flexibility index (Phi) is 4.71. The molecule has 1 heterocycles. The monoisotopic (exact) mass is 290 g/mol. The molecule has 0 saturated heterocycles. The molecule has 0 unspecified atom stereocenters. The lowest BCUT2D eigenvalue weighted by molar-refractivity contribution is -0.137. The van der Waals surface area contributed by atoms with Crippen molar-refractivity contribution in [2.75, 3.05) is 17.6 Å². The Labute approximate surface area is 103 Å². The second-order valence-corrected chi connectivity index (χ2v) is 4.31. The largest absolute Gasteiger partial charge is 0.441 e. The van der Waals surface area contributed by atoms with Crippen molar-refractivity contribution in [1.82, 2.24) is 4.98 Å². The second kappa shape index (κ2) is 5.68. The van der Waals surface area contributed by atoms with Crippen LogP contribution in [0.4, 0.5) is 32.2 Å². The minimum Gasteiger partial charge on any atom is -0.369 e. The molecule has 102 valence electrons. The topological polar surface area (TPSA) is 24.9 Å². The Morgan fingerprint density at radius 3 is 2.39 bits per heavy atom. The average Bonchev–Trinajstić information content (AvgIpc) is 2.22. The van der Waals surface area contributed by atoms with Crippen molar-refractivity contribution in [3.63, 3.8) is 0 Å². The van der Waals surface area contributed by atoms with Gasteiger partial charge < -0.3 is 5.32 Å². The molecule has 0 spiro atoms. The lowest BCUT2D eigenvalue weighted by Gasteiger charge is -2.10. The van der Waals surface area contributed by atoms with E-state index in [0.29, 0.717) is 0 Å². The van der Waals surface area contributed by atoms with Crippen LogP contribution in [0.5, 0.6) is 0 Å². The predicted octanol–water partition coefficient (Wildman–Crippen LogP) is 3.77. The van der Waals surface area contributed by atoms with Crippen LogP contribution in [0.2, 0.25) is 0 Å². The van der Waals surface area contributed by atoms with Gasteiger partial charge in [0, 0.05) is 18.5 Å². The number of halogens is 6. The van der Waals surface area contributed by atoms with E-state index in [1.165, 1.54) is 0 Å². The zero-order valence-electron chi connectivity index (χ0n) is 8.77. The lowest BCUT2D eigenvalue weighted by Crippen LogP contribution is -2.11. The van der Waals surface area contributed by atoms with Gasteiger partial charge >= 0.3 is 11.7 Å². The molecule has 0 radical (unpaired) electrons. The fraction of sp³-hybridized carbons (Fsp3) is 0.444. The lowest BCUT2D eigenvalue weighted by atomic mass is 10.2. The van der Waals surface area contributed by atoms with Crippen LogP contribution in [-0.4, -0.2) is 22.8 Å². The molecule has 0 aromatic carbocycles. The van der Waals surface area contributed by atoms with E-state index in [1.54, 1.807) is 0 Å². The van der Waals surface area contributed by atoms with Crippen molar-refractivity contribution in [2.45, 2.75) is 11.7 Å². The molecule has 0 amide bonds. The first-order valence-corrected chi connectivity index (χ1v) is 5.65. The zero-order chi connectivity index (χ0) is 13.8. The minimum atomic E-state index is -4.50. The van der Waals surface area contributed by atoms with Gasteiger partial charge in [-0.3, -0.25) is 0 Å². The molecule has 1 rings (SSSR count). The van der Waals surface area contributed by atoms with Gasteiger partial charge in [0.2, 0.25) is 0 Å². The zero-order valence-corrected chi connectivity index (χ0v) is 9.59. The number of anilines is 1. The van der Waals surface area contributed by atoms with Crippen LogP contribution in [0.25, 0.3) is 0 Å². The van der Waals surface area contributed by atoms with Gasteiger partial charge in [-0.05, 0) is 23.9 Å². The van der Waals surface area contributed by atoms with E-state index in [9.17, 15) is 26.3 Å². The van der Waals surface area contributed by atoms with E-state index >= 15 is 0 Å². The second-order valence-electron chi connectivity index (χ2n) is 3.15. The van der Waals surface area contributed by atoms with Crippen molar-refractivity contribution in [3.8, 4) is 0 Å². The van der Waals surface area contributed by atoms with Crippen molar-refractivity contribution in [2.24, 2.45) is 0 Å². The highest BCUT2D eigenvalue weighted by Gasteiger charge is 2.31. The summed E-state index contributed by atoms with van der Waals surface area (Å²) in [7, 11) is 0. The van der Waals surface area contributed by atoms with Gasteiger partial charge in [0.1, 0.15) is 5.82 Å². The standard InChI is InChI=1S/C9H8F6N2S/c10-8(11,12)6-1-2-16-7(5-6)17-3-4-18-9(13,14)15/h1-2,5H,3-4H2,(H,16,17). The molecule has 0 aliphatic carbocycles. The molecular weight excluding hydrogens is 282 g/mol. The molecule has 0 fully saturated rings. The number of hydrogen-bond acceptors (Lipinski definition) is 3. The summed E-state index contributed by atoms with van der Waals surface area (Å²) in [6, 6.07) is 1.54. The normalized spacial score (nSPS) is 12.6. The van der Waals surface area contributed by atoms with Crippen LogP contribution in [0.3, 0.4) is 0 Å². The predicted molar refractivity (Wildman–Crippen MR) is 56.2 cm³/mol. The molecule has 0 bridgehead atoms. The van der Waals surface area contributed by atoms with E-state index < -0.39 is 17.2 Å². The Hall–Kier alpha value is -1.12. The van der Waals surface area contributed by atoms with Crippen molar-refractivity contribution >= 4 is 17.6 Å². The van der Waals surface area contributed by atoms with Crippen LogP contribution in [-0.2, 0) is 6.18 Å². The smallest absolute Gasteiger partial charge is 0.369 e. The molecule has 18 heavy (non-hydrogen) atoms. The van der Waals surface area contributed by atoms with Crippen LogP contribution < -0.4 is 5.32 Å². The summed E-state index contributed by atoms with van der Waals surface area (Å²) in [5.41, 5.74) is -5.24. The van der Waals surface area contributed by atoms with Gasteiger partial charge in [0.25, 0.3) is 0 Å². The van der Waals surface area contributed by atoms with E-state index in [4.69, 9.17) is 0 Å². The molecule has 0 atom stereocenters. The number of alkyl halides is 6. The fourth-order valence-corrected chi connectivity index (χ4v) is 1.48. The highest BCUT2D eigenvalue weighted by atomic mass is 32.2. The molecule has 1 aromatic heterocycles. The maximum Gasteiger partial charge on any atom is 0.441 e. The van der Waals surface area contributed by atoms with Gasteiger partial charge in [-0.1, -0.05) is 0 Å². The maximum absolute atomic E-state index is 12.3. The van der Waals surface area contributed by atoms with E-state index in [2.05, 4.69) is 10.3 Å². The summed E-state index contributed by atoms with van der Waals surface area (Å²) in [5, 5.41) is 2.40. The van der Waals surface area contributed by atoms with Crippen LogP contribution in [0.1, 0.15) is 5.56 Å². The molecule has 0 aliphatic heterocycles. The number of rotatable bonds is 4. The maximum atomic E-state index is 12.3. The number of hydrogen-bond donors (Lipinski definition) is 1. The van der Waals surface area contributed by atoms with Gasteiger partial charge in [-0.15, -0.1) is 0 Å². The number of nitrogens with one attached hydrogen (secondary N) is 1. The summed E-state index contributed by atoms with van der Waals surface area (Å²) in [6.45, 7) is -0.127. The summed E-state index contributed by atoms with van der Waals surface area (Å²) >= 11 is -0.250. The first kappa shape index (κ1) is 14.9. The third kappa shape index (κ3) is 5.48. The molecule has 0 aliphatic rings. The highest BCUT2D eigenvalue weighted by Crippen LogP contribution is 2.31. The Morgan fingerprint density at radius 1 is 1.17 bits per heavy atom. The number of pyridine rings is 1. The first-order valence-electron chi connectivity index (χ1n) is 4.66. The summed E-state index contributed by atoms with van der Waals surface area (Å²) in [6.07, 6.45) is -3.55. The summed E-state index contributed by atoms with van der Waals surface area (Å²) in [5.74, 6) is -0.408. The van der Waals surface area contributed by atoms with Gasteiger partial charge in [0.05, 0.1) is 5.56 Å².